The van der Waals surface area contributed by atoms with Gasteiger partial charge in [-0.25, -0.2) is 0 Å². The zero-order valence-corrected chi connectivity index (χ0v) is 8.05. The molecule has 65 valence electrons. The van der Waals surface area contributed by atoms with E-state index in [0.717, 1.165) is 4.90 Å². The number of benzene rings is 1. The van der Waals surface area contributed by atoms with Crippen LogP contribution >= 0.6 is 10.9 Å². The Bertz CT molecular complexity index is 256. The maximum Gasteiger partial charge on any atom is 0.173 e. The lowest BCUT2D eigenvalue weighted by atomic mass is 10.4. The Hall–Kier alpha value is -0.760. The molecule has 0 fully saturated rings. The molecule has 1 atom stereocenters. The van der Waals surface area contributed by atoms with Gasteiger partial charge in [-0.3, -0.25) is 4.79 Å². The Balaban J connectivity index is 2.78. The molecule has 1 radical (unpaired) electrons. The third-order valence-corrected chi connectivity index (χ3v) is 3.51. The van der Waals surface area contributed by atoms with Crippen molar-refractivity contribution in [1.82, 2.24) is 0 Å². The molecule has 0 saturated carbocycles. The van der Waals surface area contributed by atoms with Crippen LogP contribution in [0.15, 0.2) is 35.2 Å². The van der Waals surface area contributed by atoms with Crippen LogP contribution in [0.1, 0.15) is 13.3 Å². The zero-order chi connectivity index (χ0) is 8.97. The van der Waals surface area contributed by atoms with Crippen LogP contribution < -0.4 is 0 Å². The fourth-order valence-corrected chi connectivity index (χ4v) is 2.14. The fraction of sp³-hybridized carbons (Fsp3) is 0.200. The first-order valence-electron chi connectivity index (χ1n) is 3.94. The smallest absolute Gasteiger partial charge is 0.173 e. The van der Waals surface area contributed by atoms with Crippen LogP contribution in [0.3, 0.4) is 0 Å². The summed E-state index contributed by atoms with van der Waals surface area (Å²) in [5.41, 5.74) is 0. The highest BCUT2D eigenvalue weighted by Gasteiger charge is 2.07. The Kier molecular flexibility index (Phi) is 3.35. The highest BCUT2D eigenvalue weighted by atomic mass is 32.2. The molecule has 0 heterocycles. The van der Waals surface area contributed by atoms with Crippen LogP contribution in [-0.4, -0.2) is 5.12 Å². The number of hydrogen-bond acceptors (Lipinski definition) is 1. The van der Waals surface area contributed by atoms with E-state index in [-0.39, 0.29) is 5.12 Å². The lowest BCUT2D eigenvalue weighted by Gasteiger charge is -2.12. The van der Waals surface area contributed by atoms with Crippen molar-refractivity contribution in [2.45, 2.75) is 18.2 Å². The standard InChI is InChI=1S/C10H13OS/c1-3-10(11)12(2)9-7-5-4-6-8-9/h4-8,12H,2-3H2,1H3. The topological polar surface area (TPSA) is 17.1 Å². The quantitative estimate of drug-likeness (QED) is 0.694. The van der Waals surface area contributed by atoms with E-state index in [1.807, 2.05) is 37.3 Å². The van der Waals surface area contributed by atoms with Gasteiger partial charge in [-0.2, -0.15) is 10.9 Å². The molecule has 0 aliphatic carbocycles. The predicted octanol–water partition coefficient (Wildman–Crippen LogP) is 2.77. The van der Waals surface area contributed by atoms with Gasteiger partial charge in [0.2, 0.25) is 0 Å². The van der Waals surface area contributed by atoms with Gasteiger partial charge in [-0.05, 0) is 23.3 Å². The number of carbonyl (C=O) groups is 1. The molecule has 1 nitrogen and oxygen atoms in total. The maximum atomic E-state index is 11.3. The van der Waals surface area contributed by atoms with E-state index in [1.165, 1.54) is 0 Å². The summed E-state index contributed by atoms with van der Waals surface area (Å²) in [6.45, 7) is 1.88. The first-order valence-corrected chi connectivity index (χ1v) is 5.47. The predicted molar refractivity (Wildman–Crippen MR) is 54.3 cm³/mol. The van der Waals surface area contributed by atoms with Crippen LogP contribution in [0, 0.1) is 6.26 Å². The molecule has 1 unspecified atom stereocenters. The Morgan fingerprint density at radius 2 is 2.00 bits per heavy atom. The summed E-state index contributed by atoms with van der Waals surface area (Å²) >= 11 is 0. The average Bonchev–Trinajstić information content (AvgIpc) is 2.17. The molecule has 0 aliphatic heterocycles. The van der Waals surface area contributed by atoms with Crippen molar-refractivity contribution in [1.29, 1.82) is 0 Å². The van der Waals surface area contributed by atoms with Crippen LogP contribution in [0.25, 0.3) is 0 Å². The molecule has 0 saturated heterocycles. The molecule has 12 heavy (non-hydrogen) atoms. The Morgan fingerprint density at radius 3 is 2.50 bits per heavy atom. The summed E-state index contributed by atoms with van der Waals surface area (Å²) in [7, 11) is -0.826. The van der Waals surface area contributed by atoms with E-state index in [1.54, 1.807) is 0 Å². The second-order valence-electron chi connectivity index (χ2n) is 2.51. The van der Waals surface area contributed by atoms with Gasteiger partial charge in [0.15, 0.2) is 5.12 Å². The normalized spacial score (nSPS) is 14.0. The SMILES string of the molecule is [CH2][SH](C(=O)CC)c1ccccc1. The zero-order valence-electron chi connectivity index (χ0n) is 7.16. The number of carbonyl (C=O) groups excluding carboxylic acids is 1. The minimum absolute atomic E-state index is 0.260. The van der Waals surface area contributed by atoms with Gasteiger partial charge in [0.25, 0.3) is 0 Å². The first-order chi connectivity index (χ1) is 5.75. The van der Waals surface area contributed by atoms with Crippen molar-refractivity contribution in [3.05, 3.63) is 36.6 Å². The highest BCUT2D eigenvalue weighted by Crippen LogP contribution is 2.35. The van der Waals surface area contributed by atoms with Crippen molar-refractivity contribution >= 4 is 16.0 Å². The van der Waals surface area contributed by atoms with E-state index in [0.29, 0.717) is 6.42 Å². The van der Waals surface area contributed by atoms with Crippen LogP contribution in [0.5, 0.6) is 0 Å². The molecule has 1 aromatic carbocycles. The minimum Gasteiger partial charge on any atom is -0.289 e. The lowest BCUT2D eigenvalue weighted by molar-refractivity contribution is -0.110. The molecule has 1 aromatic rings. The van der Waals surface area contributed by atoms with Crippen LogP contribution in [0.4, 0.5) is 0 Å². The maximum absolute atomic E-state index is 11.3. The molecular formula is C10H13OS. The summed E-state index contributed by atoms with van der Waals surface area (Å²) in [4.78, 5) is 12.3. The van der Waals surface area contributed by atoms with Crippen molar-refractivity contribution in [3.63, 3.8) is 0 Å². The lowest BCUT2D eigenvalue weighted by Crippen LogP contribution is -1.94. The third-order valence-electron chi connectivity index (χ3n) is 1.67. The number of rotatable bonds is 2. The van der Waals surface area contributed by atoms with E-state index < -0.39 is 10.9 Å². The van der Waals surface area contributed by atoms with Crippen molar-refractivity contribution in [3.8, 4) is 0 Å². The van der Waals surface area contributed by atoms with E-state index in [2.05, 4.69) is 6.26 Å². The van der Waals surface area contributed by atoms with Gasteiger partial charge >= 0.3 is 0 Å². The van der Waals surface area contributed by atoms with Crippen molar-refractivity contribution in [2.24, 2.45) is 0 Å². The molecule has 0 aromatic heterocycles. The van der Waals surface area contributed by atoms with E-state index in [9.17, 15) is 4.79 Å². The van der Waals surface area contributed by atoms with Gasteiger partial charge < -0.3 is 0 Å². The third kappa shape index (κ3) is 2.11. The van der Waals surface area contributed by atoms with Gasteiger partial charge in [-0.1, -0.05) is 25.1 Å². The summed E-state index contributed by atoms with van der Waals surface area (Å²) in [6, 6.07) is 9.76. The first kappa shape index (κ1) is 9.33. The van der Waals surface area contributed by atoms with Gasteiger partial charge in [0, 0.05) is 6.42 Å². The summed E-state index contributed by atoms with van der Waals surface area (Å²) in [5, 5.41) is 0.260. The highest BCUT2D eigenvalue weighted by molar-refractivity contribution is 8.30. The van der Waals surface area contributed by atoms with Crippen LogP contribution in [0.2, 0.25) is 0 Å². The van der Waals surface area contributed by atoms with E-state index >= 15 is 0 Å². The van der Waals surface area contributed by atoms with Gasteiger partial charge in [-0.15, -0.1) is 0 Å². The molecule has 0 aliphatic rings. The summed E-state index contributed by atoms with van der Waals surface area (Å²) < 4.78 is 0. The van der Waals surface area contributed by atoms with Crippen LogP contribution in [-0.2, 0) is 4.79 Å². The van der Waals surface area contributed by atoms with Gasteiger partial charge in [0.05, 0.1) is 0 Å². The molecular weight excluding hydrogens is 168 g/mol. The molecule has 0 N–H and O–H groups in total. The molecule has 2 heteroatoms. The second-order valence-corrected chi connectivity index (χ2v) is 4.38. The minimum atomic E-state index is -0.826. The van der Waals surface area contributed by atoms with E-state index in [4.69, 9.17) is 0 Å². The van der Waals surface area contributed by atoms with Crippen molar-refractivity contribution in [2.75, 3.05) is 0 Å². The average molecular weight is 181 g/mol. The van der Waals surface area contributed by atoms with Gasteiger partial charge in [0.1, 0.15) is 0 Å². The summed E-state index contributed by atoms with van der Waals surface area (Å²) in [5.74, 6) is 0. The summed E-state index contributed by atoms with van der Waals surface area (Å²) in [6.07, 6.45) is 4.48. The largest absolute Gasteiger partial charge is 0.289 e. The number of hydrogen-bond donors (Lipinski definition) is 1. The fourth-order valence-electron chi connectivity index (χ4n) is 0.943. The molecule has 0 amide bonds. The second kappa shape index (κ2) is 4.31. The Morgan fingerprint density at radius 1 is 1.42 bits per heavy atom. The monoisotopic (exact) mass is 181 g/mol. The molecule has 1 rings (SSSR count). The Labute approximate surface area is 76.1 Å². The van der Waals surface area contributed by atoms with Crippen molar-refractivity contribution < 1.29 is 4.79 Å². The molecule has 0 spiro atoms. The molecule has 0 bridgehead atoms. The number of thiol groups is 1.